The maximum absolute atomic E-state index is 13.2. The second kappa shape index (κ2) is 9.15. The summed E-state index contributed by atoms with van der Waals surface area (Å²) in [5, 5.41) is 5.94. The number of amides is 2. The lowest BCUT2D eigenvalue weighted by atomic mass is 9.97. The highest BCUT2D eigenvalue weighted by atomic mass is 32.2. The Labute approximate surface area is 201 Å². The van der Waals surface area contributed by atoms with Gasteiger partial charge in [-0.1, -0.05) is 12.1 Å². The molecule has 7 nitrogen and oxygen atoms in total. The second-order valence-electron chi connectivity index (χ2n) is 9.73. The fourth-order valence-corrected chi connectivity index (χ4v) is 6.37. The Balaban J connectivity index is 1.21. The van der Waals surface area contributed by atoms with Crippen molar-refractivity contribution in [1.29, 1.82) is 0 Å². The molecular formula is C26H31N3O4S. The van der Waals surface area contributed by atoms with Crippen molar-refractivity contribution in [3.05, 3.63) is 58.7 Å². The molecule has 0 spiro atoms. The van der Waals surface area contributed by atoms with E-state index in [2.05, 4.69) is 10.6 Å². The molecule has 1 saturated heterocycles. The third-order valence-corrected chi connectivity index (χ3v) is 9.10. The summed E-state index contributed by atoms with van der Waals surface area (Å²) < 4.78 is 27.8. The number of hydrogen-bond acceptors (Lipinski definition) is 4. The van der Waals surface area contributed by atoms with Crippen LogP contribution in [0.5, 0.6) is 0 Å². The normalized spacial score (nSPS) is 19.0. The van der Waals surface area contributed by atoms with Crippen molar-refractivity contribution in [3.8, 4) is 0 Å². The minimum Gasteiger partial charge on any atom is -0.349 e. The predicted octanol–water partition coefficient (Wildman–Crippen LogP) is 3.42. The van der Waals surface area contributed by atoms with E-state index in [9.17, 15) is 18.0 Å². The van der Waals surface area contributed by atoms with E-state index in [1.165, 1.54) is 9.87 Å². The van der Waals surface area contributed by atoms with Crippen LogP contribution in [0.1, 0.15) is 59.2 Å². The fourth-order valence-electron chi connectivity index (χ4n) is 4.85. The zero-order valence-corrected chi connectivity index (χ0v) is 20.3. The minimum absolute atomic E-state index is 0.122. The first-order valence-corrected chi connectivity index (χ1v) is 13.6. The topological polar surface area (TPSA) is 95.6 Å². The number of rotatable bonds is 6. The zero-order valence-electron chi connectivity index (χ0n) is 19.5. The van der Waals surface area contributed by atoms with Gasteiger partial charge in [-0.25, -0.2) is 8.42 Å². The summed E-state index contributed by atoms with van der Waals surface area (Å²) in [6.07, 6.45) is 6.00. The number of nitrogens with one attached hydrogen (secondary N) is 2. The Morgan fingerprint density at radius 3 is 2.41 bits per heavy atom. The van der Waals surface area contributed by atoms with Crippen LogP contribution in [0.2, 0.25) is 0 Å². The molecule has 0 bridgehead atoms. The number of hydrogen-bond donors (Lipinski definition) is 2. The fraction of sp³-hybridized carbons (Fsp3) is 0.462. The van der Waals surface area contributed by atoms with E-state index in [1.807, 2.05) is 25.1 Å². The molecule has 180 valence electrons. The van der Waals surface area contributed by atoms with E-state index in [0.717, 1.165) is 43.2 Å². The standard InChI is InChI=1S/C26H31N3O4S/c1-17-5-6-21(26(31)27-22-8-9-22)16-24(17)28-25(30)19-11-13-29(14-12-19)34(32,33)23-10-7-18-3-2-4-20(18)15-23/h5-7,10,15-16,19,22H,2-4,8-9,11-14H2,1H3,(H,27,31)(H,28,30). The van der Waals surface area contributed by atoms with Crippen LogP contribution >= 0.6 is 0 Å². The molecule has 34 heavy (non-hydrogen) atoms. The van der Waals surface area contributed by atoms with Gasteiger partial charge in [0.25, 0.3) is 5.91 Å². The van der Waals surface area contributed by atoms with Gasteiger partial charge in [-0.15, -0.1) is 0 Å². The second-order valence-corrected chi connectivity index (χ2v) is 11.7. The molecule has 1 saturated carbocycles. The summed E-state index contributed by atoms with van der Waals surface area (Å²) in [5.41, 5.74) is 4.43. The first kappa shape index (κ1) is 23.1. The third kappa shape index (κ3) is 4.74. The van der Waals surface area contributed by atoms with Gasteiger partial charge in [0.05, 0.1) is 4.90 Å². The van der Waals surface area contributed by atoms with Gasteiger partial charge in [-0.05, 0) is 92.8 Å². The average Bonchev–Trinajstić information content (AvgIpc) is 3.52. The van der Waals surface area contributed by atoms with Gasteiger partial charge >= 0.3 is 0 Å². The summed E-state index contributed by atoms with van der Waals surface area (Å²) in [5.74, 6) is -0.518. The van der Waals surface area contributed by atoms with Crippen molar-refractivity contribution in [1.82, 2.24) is 9.62 Å². The number of nitrogens with zero attached hydrogens (tertiary/aromatic N) is 1. The smallest absolute Gasteiger partial charge is 0.251 e. The summed E-state index contributed by atoms with van der Waals surface area (Å²) in [7, 11) is -3.56. The van der Waals surface area contributed by atoms with Gasteiger partial charge in [0, 0.05) is 36.3 Å². The van der Waals surface area contributed by atoms with Gasteiger partial charge in [-0.2, -0.15) is 4.31 Å². The summed E-state index contributed by atoms with van der Waals surface area (Å²) in [4.78, 5) is 25.7. The van der Waals surface area contributed by atoms with Crippen LogP contribution in [0.4, 0.5) is 5.69 Å². The maximum atomic E-state index is 13.2. The molecule has 3 aliphatic rings. The molecule has 8 heteroatoms. The van der Waals surface area contributed by atoms with Crippen LogP contribution in [-0.4, -0.2) is 43.7 Å². The van der Waals surface area contributed by atoms with Crippen LogP contribution in [0.25, 0.3) is 0 Å². The number of sulfonamides is 1. The molecule has 2 N–H and O–H groups in total. The molecule has 2 fully saturated rings. The van der Waals surface area contributed by atoms with Crippen molar-refractivity contribution in [2.75, 3.05) is 18.4 Å². The number of carbonyl (C=O) groups is 2. The number of piperidine rings is 1. The van der Waals surface area contributed by atoms with Crippen molar-refractivity contribution in [3.63, 3.8) is 0 Å². The number of fused-ring (bicyclic) bond motifs is 1. The van der Waals surface area contributed by atoms with Gasteiger partial charge < -0.3 is 10.6 Å². The summed E-state index contributed by atoms with van der Waals surface area (Å²) in [6, 6.07) is 11.1. The molecule has 2 amide bonds. The highest BCUT2D eigenvalue weighted by Crippen LogP contribution is 2.29. The Morgan fingerprint density at radius 1 is 0.941 bits per heavy atom. The molecule has 0 radical (unpaired) electrons. The molecule has 1 aliphatic heterocycles. The highest BCUT2D eigenvalue weighted by molar-refractivity contribution is 7.89. The molecule has 2 aromatic carbocycles. The molecule has 0 unspecified atom stereocenters. The van der Waals surface area contributed by atoms with Crippen molar-refractivity contribution < 1.29 is 18.0 Å². The quantitative estimate of drug-likeness (QED) is 0.661. The van der Waals surface area contributed by atoms with Crippen molar-refractivity contribution in [2.45, 2.75) is 62.8 Å². The Kier molecular flexibility index (Phi) is 6.20. The van der Waals surface area contributed by atoms with Crippen LogP contribution in [0, 0.1) is 12.8 Å². The third-order valence-electron chi connectivity index (χ3n) is 7.20. The van der Waals surface area contributed by atoms with Crippen LogP contribution in [0.3, 0.4) is 0 Å². The van der Waals surface area contributed by atoms with E-state index >= 15 is 0 Å². The number of anilines is 1. The van der Waals surface area contributed by atoms with Gasteiger partial charge in [0.1, 0.15) is 0 Å². The first-order chi connectivity index (χ1) is 16.3. The molecular weight excluding hydrogens is 450 g/mol. The highest BCUT2D eigenvalue weighted by Gasteiger charge is 2.33. The lowest BCUT2D eigenvalue weighted by Gasteiger charge is -2.30. The number of carbonyl (C=O) groups excluding carboxylic acids is 2. The van der Waals surface area contributed by atoms with Crippen LogP contribution in [0.15, 0.2) is 41.3 Å². The molecule has 1 heterocycles. The molecule has 0 aromatic heterocycles. The van der Waals surface area contributed by atoms with E-state index in [1.54, 1.807) is 18.2 Å². The largest absolute Gasteiger partial charge is 0.349 e. The SMILES string of the molecule is Cc1ccc(C(=O)NC2CC2)cc1NC(=O)C1CCN(S(=O)(=O)c2ccc3c(c2)CCC3)CC1. The van der Waals surface area contributed by atoms with E-state index in [0.29, 0.717) is 42.1 Å². The predicted molar refractivity (Wildman–Crippen MR) is 130 cm³/mol. The summed E-state index contributed by atoms with van der Waals surface area (Å²) in [6.45, 7) is 2.53. The first-order valence-electron chi connectivity index (χ1n) is 12.2. The minimum atomic E-state index is -3.56. The van der Waals surface area contributed by atoms with Crippen LogP contribution in [-0.2, 0) is 27.7 Å². The van der Waals surface area contributed by atoms with Gasteiger partial charge in [0.15, 0.2) is 0 Å². The lowest BCUT2D eigenvalue weighted by molar-refractivity contribution is -0.120. The number of benzene rings is 2. The lowest BCUT2D eigenvalue weighted by Crippen LogP contribution is -2.41. The van der Waals surface area contributed by atoms with Crippen LogP contribution < -0.4 is 10.6 Å². The van der Waals surface area contributed by atoms with Crippen molar-refractivity contribution >= 4 is 27.5 Å². The number of aryl methyl sites for hydroxylation is 3. The van der Waals surface area contributed by atoms with E-state index < -0.39 is 10.0 Å². The Hall–Kier alpha value is -2.71. The van der Waals surface area contributed by atoms with E-state index in [4.69, 9.17) is 0 Å². The Bertz CT molecular complexity index is 1230. The molecule has 5 rings (SSSR count). The molecule has 0 atom stereocenters. The maximum Gasteiger partial charge on any atom is 0.251 e. The van der Waals surface area contributed by atoms with Crippen molar-refractivity contribution in [2.24, 2.45) is 5.92 Å². The van der Waals surface area contributed by atoms with E-state index in [-0.39, 0.29) is 23.8 Å². The zero-order chi connectivity index (χ0) is 23.9. The molecule has 2 aromatic rings. The summed E-state index contributed by atoms with van der Waals surface area (Å²) >= 11 is 0. The van der Waals surface area contributed by atoms with Gasteiger partial charge in [-0.3, -0.25) is 9.59 Å². The molecule has 2 aliphatic carbocycles. The average molecular weight is 482 g/mol. The van der Waals surface area contributed by atoms with Gasteiger partial charge in [0.2, 0.25) is 15.9 Å². The Morgan fingerprint density at radius 2 is 1.68 bits per heavy atom. The monoisotopic (exact) mass is 481 g/mol.